The lowest BCUT2D eigenvalue weighted by Gasteiger charge is -2.29. The molecule has 2 atom stereocenters. The third-order valence-electron chi connectivity index (χ3n) is 3.14. The molecule has 3 nitrogen and oxygen atoms in total. The van der Waals surface area contributed by atoms with Crippen molar-refractivity contribution in [2.45, 2.75) is 12.2 Å². The molecule has 2 aromatic carbocycles. The number of hydrogen-bond acceptors (Lipinski definition) is 3. The normalized spacial score (nSPS) is 21.7. The van der Waals surface area contributed by atoms with E-state index >= 15 is 0 Å². The van der Waals surface area contributed by atoms with Crippen LogP contribution in [0.3, 0.4) is 0 Å². The van der Waals surface area contributed by atoms with E-state index in [0.717, 1.165) is 10.0 Å². The van der Waals surface area contributed by atoms with E-state index in [-0.39, 0.29) is 5.78 Å². The van der Waals surface area contributed by atoms with Crippen LogP contribution in [0.5, 0.6) is 5.75 Å². The molecule has 0 radical (unpaired) electrons. The summed E-state index contributed by atoms with van der Waals surface area (Å²) < 4.78 is 6.65. The highest BCUT2D eigenvalue weighted by molar-refractivity contribution is 9.10. The van der Waals surface area contributed by atoms with Gasteiger partial charge < -0.3 is 9.84 Å². The van der Waals surface area contributed by atoms with Crippen LogP contribution in [0.2, 0.25) is 0 Å². The van der Waals surface area contributed by atoms with E-state index < -0.39 is 12.2 Å². The second kappa shape index (κ2) is 4.79. The average Bonchev–Trinajstić information content (AvgIpc) is 2.43. The predicted molar refractivity (Wildman–Crippen MR) is 74.3 cm³/mol. The Morgan fingerprint density at radius 3 is 2.68 bits per heavy atom. The number of para-hydroxylation sites is 1. The van der Waals surface area contributed by atoms with Gasteiger partial charge in [-0.25, -0.2) is 0 Å². The van der Waals surface area contributed by atoms with Gasteiger partial charge in [-0.15, -0.1) is 0 Å². The first kappa shape index (κ1) is 12.4. The van der Waals surface area contributed by atoms with Crippen LogP contribution < -0.4 is 4.74 Å². The van der Waals surface area contributed by atoms with Gasteiger partial charge in [0.25, 0.3) is 0 Å². The zero-order valence-electron chi connectivity index (χ0n) is 9.92. The van der Waals surface area contributed by atoms with Crippen LogP contribution >= 0.6 is 15.9 Å². The SMILES string of the molecule is O=C1c2ccccc2OC(c2cccc(Br)c2)C1O. The van der Waals surface area contributed by atoms with Gasteiger partial charge in [0.05, 0.1) is 5.56 Å². The first-order valence-corrected chi connectivity index (χ1v) is 6.69. The van der Waals surface area contributed by atoms with Crippen LogP contribution in [0.4, 0.5) is 0 Å². The molecular weight excluding hydrogens is 308 g/mol. The maximum atomic E-state index is 12.1. The lowest BCUT2D eigenvalue weighted by Crippen LogP contribution is -2.36. The number of fused-ring (bicyclic) bond motifs is 1. The van der Waals surface area contributed by atoms with Crippen molar-refractivity contribution in [2.75, 3.05) is 0 Å². The number of hydrogen-bond donors (Lipinski definition) is 1. The van der Waals surface area contributed by atoms with Gasteiger partial charge in [-0.05, 0) is 29.8 Å². The number of ketones is 1. The van der Waals surface area contributed by atoms with Gasteiger partial charge in [0.15, 0.2) is 18.0 Å². The summed E-state index contributed by atoms with van der Waals surface area (Å²) in [6, 6.07) is 14.4. The highest BCUT2D eigenvalue weighted by Gasteiger charge is 2.36. The Bertz CT molecular complexity index is 639. The minimum Gasteiger partial charge on any atom is -0.482 e. The van der Waals surface area contributed by atoms with Crippen molar-refractivity contribution in [3.8, 4) is 5.75 Å². The lowest BCUT2D eigenvalue weighted by atomic mass is 9.94. The second-order valence-electron chi connectivity index (χ2n) is 4.40. The zero-order valence-corrected chi connectivity index (χ0v) is 11.5. The average molecular weight is 319 g/mol. The van der Waals surface area contributed by atoms with Gasteiger partial charge in [0, 0.05) is 4.47 Å². The third kappa shape index (κ3) is 2.17. The first-order valence-electron chi connectivity index (χ1n) is 5.90. The maximum Gasteiger partial charge on any atom is 0.199 e. The van der Waals surface area contributed by atoms with E-state index in [0.29, 0.717) is 11.3 Å². The van der Waals surface area contributed by atoms with Crippen molar-refractivity contribution in [1.29, 1.82) is 0 Å². The molecule has 19 heavy (non-hydrogen) atoms. The largest absolute Gasteiger partial charge is 0.482 e. The summed E-state index contributed by atoms with van der Waals surface area (Å²) in [5.41, 5.74) is 1.20. The predicted octanol–water partition coefficient (Wildman–Crippen LogP) is 3.13. The second-order valence-corrected chi connectivity index (χ2v) is 5.31. The summed E-state index contributed by atoms with van der Waals surface area (Å²) in [5, 5.41) is 10.1. The minimum atomic E-state index is -1.18. The lowest BCUT2D eigenvalue weighted by molar-refractivity contribution is 0.0216. The maximum absolute atomic E-state index is 12.1. The van der Waals surface area contributed by atoms with Crippen molar-refractivity contribution >= 4 is 21.7 Å². The number of rotatable bonds is 1. The highest BCUT2D eigenvalue weighted by Crippen LogP contribution is 2.35. The number of halogens is 1. The van der Waals surface area contributed by atoms with Crippen molar-refractivity contribution < 1.29 is 14.6 Å². The van der Waals surface area contributed by atoms with Crippen molar-refractivity contribution in [1.82, 2.24) is 0 Å². The number of carbonyl (C=O) groups is 1. The molecule has 3 rings (SSSR count). The molecular formula is C15H11BrO3. The topological polar surface area (TPSA) is 46.5 Å². The molecule has 1 N–H and O–H groups in total. The summed E-state index contributed by atoms with van der Waals surface area (Å²) in [4.78, 5) is 12.1. The van der Waals surface area contributed by atoms with Crippen molar-refractivity contribution in [3.05, 3.63) is 64.1 Å². The van der Waals surface area contributed by atoms with Crippen LogP contribution in [0.15, 0.2) is 53.0 Å². The Labute approximate surface area is 119 Å². The first-order chi connectivity index (χ1) is 9.16. The Kier molecular flexibility index (Phi) is 3.12. The molecule has 1 aliphatic rings. The molecule has 0 aliphatic carbocycles. The Morgan fingerprint density at radius 2 is 1.89 bits per heavy atom. The Balaban J connectivity index is 2.04. The van der Waals surface area contributed by atoms with E-state index in [1.165, 1.54) is 0 Å². The quantitative estimate of drug-likeness (QED) is 0.878. The fraction of sp³-hybridized carbons (Fsp3) is 0.133. The summed E-state index contributed by atoms with van der Waals surface area (Å²) in [7, 11) is 0. The van der Waals surface area contributed by atoms with Crippen LogP contribution in [0.25, 0.3) is 0 Å². The van der Waals surface area contributed by atoms with Gasteiger partial charge >= 0.3 is 0 Å². The third-order valence-corrected chi connectivity index (χ3v) is 3.63. The van der Waals surface area contributed by atoms with Gasteiger partial charge in [-0.3, -0.25) is 4.79 Å². The van der Waals surface area contributed by atoms with Crippen LogP contribution in [-0.2, 0) is 0 Å². The molecule has 0 saturated heterocycles. The fourth-order valence-electron chi connectivity index (χ4n) is 2.20. The molecule has 2 aromatic rings. The smallest absolute Gasteiger partial charge is 0.199 e. The van der Waals surface area contributed by atoms with E-state index in [1.54, 1.807) is 18.2 Å². The van der Waals surface area contributed by atoms with Crippen LogP contribution in [0.1, 0.15) is 22.0 Å². The van der Waals surface area contributed by atoms with Gasteiger partial charge in [0.2, 0.25) is 0 Å². The minimum absolute atomic E-state index is 0.299. The molecule has 0 aromatic heterocycles. The zero-order chi connectivity index (χ0) is 13.4. The molecule has 0 spiro atoms. The van der Waals surface area contributed by atoms with Gasteiger partial charge in [0.1, 0.15) is 5.75 Å². The number of aliphatic hydroxyl groups is 1. The van der Waals surface area contributed by atoms with E-state index in [4.69, 9.17) is 4.74 Å². The summed E-state index contributed by atoms with van der Waals surface area (Å²) in [6.07, 6.45) is -1.84. The number of aliphatic hydroxyl groups excluding tert-OH is 1. The number of Topliss-reactive ketones (excluding diaryl/α,β-unsaturated/α-hetero) is 1. The molecule has 96 valence electrons. The van der Waals surface area contributed by atoms with Crippen molar-refractivity contribution in [2.24, 2.45) is 0 Å². The molecule has 0 saturated carbocycles. The van der Waals surface area contributed by atoms with E-state index in [2.05, 4.69) is 15.9 Å². The molecule has 1 aliphatic heterocycles. The van der Waals surface area contributed by atoms with Crippen molar-refractivity contribution in [3.63, 3.8) is 0 Å². The summed E-state index contributed by atoms with van der Waals surface area (Å²) >= 11 is 3.37. The summed E-state index contributed by atoms with van der Waals surface area (Å²) in [6.45, 7) is 0. The highest BCUT2D eigenvalue weighted by atomic mass is 79.9. The molecule has 0 fully saturated rings. The van der Waals surface area contributed by atoms with Crippen LogP contribution in [0, 0.1) is 0 Å². The molecule has 4 heteroatoms. The van der Waals surface area contributed by atoms with Gasteiger partial charge in [-0.2, -0.15) is 0 Å². The Morgan fingerprint density at radius 1 is 1.11 bits per heavy atom. The number of ether oxygens (including phenoxy) is 1. The van der Waals surface area contributed by atoms with Gasteiger partial charge in [-0.1, -0.05) is 40.2 Å². The number of benzene rings is 2. The van der Waals surface area contributed by atoms with E-state index in [1.807, 2.05) is 30.3 Å². The number of carbonyl (C=O) groups excluding carboxylic acids is 1. The van der Waals surface area contributed by atoms with Crippen LogP contribution in [-0.4, -0.2) is 17.0 Å². The fourth-order valence-corrected chi connectivity index (χ4v) is 2.62. The van der Waals surface area contributed by atoms with E-state index in [9.17, 15) is 9.90 Å². The molecule has 0 amide bonds. The summed E-state index contributed by atoms with van der Waals surface area (Å²) in [5.74, 6) is 0.217. The molecule has 2 unspecified atom stereocenters. The standard InChI is InChI=1S/C15H11BrO3/c16-10-5-3-4-9(8-10)15-14(18)13(17)11-6-1-2-7-12(11)19-15/h1-8,14-15,18H. The molecule has 1 heterocycles. The Hall–Kier alpha value is -1.65. The monoisotopic (exact) mass is 318 g/mol. The molecule has 0 bridgehead atoms.